The first-order valence-corrected chi connectivity index (χ1v) is 5.68. The quantitative estimate of drug-likeness (QED) is 0.547. The van der Waals surface area contributed by atoms with Gasteiger partial charge in [0.25, 0.3) is 0 Å². The van der Waals surface area contributed by atoms with Gasteiger partial charge in [-0.1, -0.05) is 0 Å². The highest BCUT2D eigenvalue weighted by Gasteiger charge is 2.07. The fourth-order valence-corrected chi connectivity index (χ4v) is 1.22. The average molecular weight is 254 g/mol. The highest BCUT2D eigenvalue weighted by Crippen LogP contribution is 2.05. The van der Waals surface area contributed by atoms with Crippen LogP contribution in [-0.2, 0) is 14.2 Å². The number of nitrogen functional groups attached to an aromatic ring is 1. The van der Waals surface area contributed by atoms with Crippen LogP contribution >= 0.6 is 0 Å². The summed E-state index contributed by atoms with van der Waals surface area (Å²) in [7, 11) is 1.62. The zero-order valence-electron chi connectivity index (χ0n) is 10.4. The van der Waals surface area contributed by atoms with Crippen molar-refractivity contribution in [2.75, 3.05) is 39.3 Å². The molecule has 1 aromatic rings. The molecule has 0 aliphatic rings. The largest absolute Gasteiger partial charge is 0.462 e. The second-order valence-electron chi connectivity index (χ2n) is 3.60. The molecule has 18 heavy (non-hydrogen) atoms. The molecule has 0 spiro atoms. The number of esters is 1. The van der Waals surface area contributed by atoms with E-state index in [1.807, 2.05) is 0 Å². The van der Waals surface area contributed by atoms with Crippen LogP contribution in [0, 0.1) is 0 Å². The number of carbonyl (C=O) groups excluding carboxylic acids is 1. The Morgan fingerprint density at radius 3 is 2.83 bits per heavy atom. The van der Waals surface area contributed by atoms with Gasteiger partial charge in [-0.15, -0.1) is 0 Å². The first-order chi connectivity index (χ1) is 8.74. The zero-order valence-corrected chi connectivity index (χ0v) is 10.4. The van der Waals surface area contributed by atoms with E-state index in [4.69, 9.17) is 19.9 Å². The van der Waals surface area contributed by atoms with Crippen molar-refractivity contribution in [1.82, 2.24) is 4.98 Å². The van der Waals surface area contributed by atoms with Gasteiger partial charge < -0.3 is 19.9 Å². The van der Waals surface area contributed by atoms with E-state index in [2.05, 4.69) is 4.98 Å². The van der Waals surface area contributed by atoms with Crippen LogP contribution in [0.4, 0.5) is 5.69 Å². The molecule has 0 amide bonds. The predicted molar refractivity (Wildman–Crippen MR) is 66.2 cm³/mol. The molecule has 0 aromatic carbocycles. The van der Waals surface area contributed by atoms with Gasteiger partial charge in [-0.3, -0.25) is 4.98 Å². The Balaban J connectivity index is 2.14. The normalized spacial score (nSPS) is 10.3. The lowest BCUT2D eigenvalue weighted by molar-refractivity contribution is 0.0385. The molecule has 1 rings (SSSR count). The summed E-state index contributed by atoms with van der Waals surface area (Å²) in [6.45, 7) is 1.95. The van der Waals surface area contributed by atoms with E-state index in [0.29, 0.717) is 44.1 Å². The molecule has 6 heteroatoms. The van der Waals surface area contributed by atoms with Crippen LogP contribution in [0.15, 0.2) is 18.5 Å². The summed E-state index contributed by atoms with van der Waals surface area (Å²) in [5.74, 6) is -0.424. The van der Waals surface area contributed by atoms with Crippen molar-refractivity contribution in [3.05, 3.63) is 24.0 Å². The van der Waals surface area contributed by atoms with Crippen LogP contribution < -0.4 is 5.73 Å². The molecule has 0 saturated heterocycles. The summed E-state index contributed by atoms with van der Waals surface area (Å²) in [6.07, 6.45) is 3.54. The predicted octanol–water partition coefficient (Wildman–Crippen LogP) is 0.874. The Labute approximate surface area is 106 Å². The summed E-state index contributed by atoms with van der Waals surface area (Å²) in [5.41, 5.74) is 6.31. The lowest BCUT2D eigenvalue weighted by Gasteiger charge is -2.05. The van der Waals surface area contributed by atoms with Gasteiger partial charge in [-0.25, -0.2) is 4.79 Å². The van der Waals surface area contributed by atoms with Gasteiger partial charge in [-0.2, -0.15) is 0 Å². The maximum atomic E-state index is 11.6. The van der Waals surface area contributed by atoms with Crippen molar-refractivity contribution < 1.29 is 19.0 Å². The number of nitrogens with zero attached hydrogens (tertiary/aromatic N) is 1. The molecule has 100 valence electrons. The molecule has 6 nitrogen and oxygen atoms in total. The molecule has 0 radical (unpaired) electrons. The fraction of sp³-hybridized carbons (Fsp3) is 0.500. The third-order valence-corrected chi connectivity index (χ3v) is 2.09. The van der Waals surface area contributed by atoms with Crippen LogP contribution in [0.2, 0.25) is 0 Å². The number of ether oxygens (including phenoxy) is 3. The Morgan fingerprint density at radius 1 is 1.28 bits per heavy atom. The SMILES string of the molecule is COCCOCCCOC(=O)c1cncc(N)c1. The van der Waals surface area contributed by atoms with Gasteiger partial charge in [0.05, 0.1) is 31.1 Å². The highest BCUT2D eigenvalue weighted by molar-refractivity contribution is 5.89. The second kappa shape index (κ2) is 8.43. The molecule has 0 saturated carbocycles. The summed E-state index contributed by atoms with van der Waals surface area (Å²) in [4.78, 5) is 15.4. The van der Waals surface area contributed by atoms with E-state index in [1.54, 1.807) is 7.11 Å². The van der Waals surface area contributed by atoms with Crippen LogP contribution in [0.1, 0.15) is 16.8 Å². The number of hydrogen-bond acceptors (Lipinski definition) is 6. The van der Waals surface area contributed by atoms with Gasteiger partial charge in [0.2, 0.25) is 0 Å². The molecule has 1 heterocycles. The first kappa shape index (κ1) is 14.4. The number of methoxy groups -OCH3 is 1. The Hall–Kier alpha value is -1.66. The smallest absolute Gasteiger partial charge is 0.339 e. The summed E-state index contributed by atoms with van der Waals surface area (Å²) in [6, 6.07) is 1.53. The molecule has 0 aliphatic heterocycles. The van der Waals surface area contributed by atoms with Crippen molar-refractivity contribution in [3.8, 4) is 0 Å². The van der Waals surface area contributed by atoms with E-state index < -0.39 is 5.97 Å². The van der Waals surface area contributed by atoms with Crippen molar-refractivity contribution in [2.45, 2.75) is 6.42 Å². The second-order valence-corrected chi connectivity index (χ2v) is 3.60. The fourth-order valence-electron chi connectivity index (χ4n) is 1.22. The lowest BCUT2D eigenvalue weighted by atomic mass is 10.3. The number of anilines is 1. The van der Waals surface area contributed by atoms with Crippen molar-refractivity contribution >= 4 is 11.7 Å². The highest BCUT2D eigenvalue weighted by atomic mass is 16.5. The number of pyridine rings is 1. The van der Waals surface area contributed by atoms with Crippen LogP contribution in [0.5, 0.6) is 0 Å². The van der Waals surface area contributed by atoms with Crippen molar-refractivity contribution in [2.24, 2.45) is 0 Å². The van der Waals surface area contributed by atoms with Gasteiger partial charge in [-0.05, 0) is 6.07 Å². The third-order valence-electron chi connectivity index (χ3n) is 2.09. The van der Waals surface area contributed by atoms with Crippen molar-refractivity contribution in [3.63, 3.8) is 0 Å². The number of rotatable bonds is 8. The van der Waals surface area contributed by atoms with E-state index >= 15 is 0 Å². The molecule has 0 aliphatic carbocycles. The topological polar surface area (TPSA) is 83.7 Å². The monoisotopic (exact) mass is 254 g/mol. The Bertz CT molecular complexity index is 371. The number of nitrogens with two attached hydrogens (primary N) is 1. The Kier molecular flexibility index (Phi) is 6.75. The minimum Gasteiger partial charge on any atom is -0.462 e. The average Bonchev–Trinajstić information content (AvgIpc) is 2.37. The van der Waals surface area contributed by atoms with E-state index in [-0.39, 0.29) is 0 Å². The van der Waals surface area contributed by atoms with Crippen LogP contribution in [0.25, 0.3) is 0 Å². The zero-order chi connectivity index (χ0) is 13.2. The molecule has 0 atom stereocenters. The summed E-state index contributed by atoms with van der Waals surface area (Å²) >= 11 is 0. The third kappa shape index (κ3) is 5.60. The van der Waals surface area contributed by atoms with E-state index in [0.717, 1.165) is 0 Å². The van der Waals surface area contributed by atoms with Crippen LogP contribution in [0.3, 0.4) is 0 Å². The Morgan fingerprint density at radius 2 is 2.11 bits per heavy atom. The van der Waals surface area contributed by atoms with Crippen molar-refractivity contribution in [1.29, 1.82) is 0 Å². The molecule has 1 aromatic heterocycles. The molecule has 0 bridgehead atoms. The number of carbonyl (C=O) groups is 1. The lowest BCUT2D eigenvalue weighted by Crippen LogP contribution is -2.10. The maximum absolute atomic E-state index is 11.6. The number of hydrogen-bond donors (Lipinski definition) is 1. The molecule has 2 N–H and O–H groups in total. The summed E-state index contributed by atoms with van der Waals surface area (Å²) in [5, 5.41) is 0. The number of aromatic nitrogens is 1. The molecular weight excluding hydrogens is 236 g/mol. The first-order valence-electron chi connectivity index (χ1n) is 5.68. The van der Waals surface area contributed by atoms with Crippen LogP contribution in [-0.4, -0.2) is 44.5 Å². The molecular formula is C12H18N2O4. The minimum absolute atomic E-state index is 0.306. The summed E-state index contributed by atoms with van der Waals surface area (Å²) < 4.78 is 15.1. The maximum Gasteiger partial charge on any atom is 0.339 e. The van der Waals surface area contributed by atoms with Gasteiger partial charge in [0.1, 0.15) is 0 Å². The van der Waals surface area contributed by atoms with E-state index in [9.17, 15) is 4.79 Å². The molecule has 0 fully saturated rings. The van der Waals surface area contributed by atoms with E-state index in [1.165, 1.54) is 18.5 Å². The standard InChI is InChI=1S/C12H18N2O4/c1-16-5-6-17-3-2-4-18-12(15)10-7-11(13)9-14-8-10/h7-9H,2-6,13H2,1H3. The van der Waals surface area contributed by atoms with Gasteiger partial charge in [0, 0.05) is 32.5 Å². The van der Waals surface area contributed by atoms with Gasteiger partial charge >= 0.3 is 5.97 Å². The van der Waals surface area contributed by atoms with Gasteiger partial charge in [0.15, 0.2) is 0 Å². The minimum atomic E-state index is -0.424. The molecule has 0 unspecified atom stereocenters.